The summed E-state index contributed by atoms with van der Waals surface area (Å²) in [6.45, 7) is 8.02. The van der Waals surface area contributed by atoms with Crippen molar-refractivity contribution in [2.75, 3.05) is 19.9 Å². The molecule has 0 radical (unpaired) electrons. The van der Waals surface area contributed by atoms with Gasteiger partial charge in [0.15, 0.2) is 16.9 Å². The van der Waals surface area contributed by atoms with Crippen LogP contribution in [0.25, 0.3) is 11.0 Å². The monoisotopic (exact) mass is 524 g/mol. The number of benzene rings is 2. The van der Waals surface area contributed by atoms with E-state index in [1.165, 1.54) is 16.1 Å². The van der Waals surface area contributed by atoms with E-state index in [0.29, 0.717) is 39.5 Å². The highest BCUT2D eigenvalue weighted by atomic mass is 35.5. The Morgan fingerprint density at radius 1 is 1.05 bits per heavy atom. The Morgan fingerprint density at radius 3 is 2.59 bits per heavy atom. The van der Waals surface area contributed by atoms with E-state index in [9.17, 15) is 14.4 Å². The maximum atomic E-state index is 13.6. The standard InChI is InChI=1S/C28H29ClN2O6/c1-4-9-30(26(32)10-18(2)3)15-27(33)31(13-19-5-7-24-25(11-19)37-17-36-24)14-20-16-35-23-8-6-21(29)12-22(23)28(20)34/h4-8,11-12,16,18H,1,9-10,13-15,17H2,2-3H3. The molecule has 9 heteroatoms. The van der Waals surface area contributed by atoms with Crippen molar-refractivity contribution in [3.8, 4) is 11.5 Å². The van der Waals surface area contributed by atoms with Crippen LogP contribution < -0.4 is 14.9 Å². The van der Waals surface area contributed by atoms with Crippen LogP contribution in [0.3, 0.4) is 0 Å². The molecule has 1 aliphatic heterocycles. The van der Waals surface area contributed by atoms with Gasteiger partial charge < -0.3 is 23.7 Å². The van der Waals surface area contributed by atoms with Crippen LogP contribution >= 0.6 is 11.6 Å². The van der Waals surface area contributed by atoms with Crippen LogP contribution in [0, 0.1) is 5.92 Å². The average molecular weight is 525 g/mol. The number of ether oxygens (including phenoxy) is 2. The lowest BCUT2D eigenvalue weighted by Gasteiger charge is -2.27. The minimum atomic E-state index is -0.317. The zero-order valence-corrected chi connectivity index (χ0v) is 21.6. The van der Waals surface area contributed by atoms with Gasteiger partial charge in [-0.05, 0) is 41.8 Å². The molecule has 0 aliphatic carbocycles. The molecule has 0 saturated carbocycles. The second-order valence-corrected chi connectivity index (χ2v) is 9.77. The normalized spacial score (nSPS) is 12.1. The van der Waals surface area contributed by atoms with Gasteiger partial charge in [0.2, 0.25) is 18.6 Å². The van der Waals surface area contributed by atoms with Crippen LogP contribution in [0.2, 0.25) is 5.02 Å². The zero-order valence-electron chi connectivity index (χ0n) is 20.9. The minimum absolute atomic E-state index is 0.0155. The summed E-state index contributed by atoms with van der Waals surface area (Å²) in [7, 11) is 0. The van der Waals surface area contributed by atoms with Crippen molar-refractivity contribution in [3.05, 3.63) is 81.7 Å². The highest BCUT2D eigenvalue weighted by Gasteiger charge is 2.24. The van der Waals surface area contributed by atoms with Gasteiger partial charge in [-0.1, -0.05) is 37.6 Å². The molecule has 0 fully saturated rings. The topological polar surface area (TPSA) is 89.3 Å². The largest absolute Gasteiger partial charge is 0.464 e. The van der Waals surface area contributed by atoms with E-state index < -0.39 is 0 Å². The fourth-order valence-corrected chi connectivity index (χ4v) is 4.27. The number of halogens is 1. The fourth-order valence-electron chi connectivity index (χ4n) is 4.10. The van der Waals surface area contributed by atoms with Crippen molar-refractivity contribution in [1.82, 2.24) is 9.80 Å². The van der Waals surface area contributed by atoms with Gasteiger partial charge in [0.25, 0.3) is 0 Å². The average Bonchev–Trinajstić information content (AvgIpc) is 3.32. The summed E-state index contributed by atoms with van der Waals surface area (Å²) in [5.41, 5.74) is 1.22. The number of carbonyl (C=O) groups excluding carboxylic acids is 2. The van der Waals surface area contributed by atoms with Crippen molar-refractivity contribution in [2.45, 2.75) is 33.4 Å². The molecular weight excluding hydrogens is 496 g/mol. The Labute approximate surface area is 220 Å². The van der Waals surface area contributed by atoms with Crippen LogP contribution in [0.15, 0.2) is 64.5 Å². The zero-order chi connectivity index (χ0) is 26.5. The first-order chi connectivity index (χ1) is 17.7. The predicted octanol–water partition coefficient (Wildman–Crippen LogP) is 4.76. The molecule has 8 nitrogen and oxygen atoms in total. The van der Waals surface area contributed by atoms with E-state index in [1.54, 1.807) is 36.4 Å². The lowest BCUT2D eigenvalue weighted by molar-refractivity contribution is -0.141. The Kier molecular flexibility index (Phi) is 8.18. The summed E-state index contributed by atoms with van der Waals surface area (Å²) in [5, 5.41) is 0.745. The van der Waals surface area contributed by atoms with E-state index >= 15 is 0 Å². The SMILES string of the molecule is C=CCN(CC(=O)N(Cc1ccc2c(c1)OCO2)Cc1coc2ccc(Cl)cc2c1=O)C(=O)CC(C)C. The van der Waals surface area contributed by atoms with Crippen molar-refractivity contribution in [1.29, 1.82) is 0 Å². The summed E-state index contributed by atoms with van der Waals surface area (Å²) < 4.78 is 16.5. The van der Waals surface area contributed by atoms with Gasteiger partial charge in [-0.25, -0.2) is 0 Å². The van der Waals surface area contributed by atoms with E-state index in [0.717, 1.165) is 5.56 Å². The lowest BCUT2D eigenvalue weighted by Crippen LogP contribution is -2.43. The molecule has 0 N–H and O–H groups in total. The molecule has 2 amide bonds. The number of nitrogens with zero attached hydrogens (tertiary/aromatic N) is 2. The number of carbonyl (C=O) groups is 2. The Morgan fingerprint density at radius 2 is 1.84 bits per heavy atom. The van der Waals surface area contributed by atoms with Gasteiger partial charge >= 0.3 is 0 Å². The minimum Gasteiger partial charge on any atom is -0.464 e. The molecule has 194 valence electrons. The lowest BCUT2D eigenvalue weighted by atomic mass is 10.1. The number of rotatable bonds is 10. The molecular formula is C28H29ClN2O6. The van der Waals surface area contributed by atoms with E-state index in [2.05, 4.69) is 6.58 Å². The molecule has 0 unspecified atom stereocenters. The van der Waals surface area contributed by atoms with Crippen molar-refractivity contribution >= 4 is 34.4 Å². The first-order valence-corrected chi connectivity index (χ1v) is 12.4. The summed E-state index contributed by atoms with van der Waals surface area (Å²) in [6.07, 6.45) is 3.28. The second-order valence-electron chi connectivity index (χ2n) is 9.33. The molecule has 0 bridgehead atoms. The first kappa shape index (κ1) is 26.3. The van der Waals surface area contributed by atoms with Gasteiger partial charge in [-0.3, -0.25) is 14.4 Å². The number of amides is 2. The number of hydrogen-bond acceptors (Lipinski definition) is 6. The summed E-state index contributed by atoms with van der Waals surface area (Å²) in [5.74, 6) is 0.914. The van der Waals surface area contributed by atoms with Crippen LogP contribution in [0.4, 0.5) is 0 Å². The van der Waals surface area contributed by atoms with Gasteiger partial charge in [-0.2, -0.15) is 0 Å². The highest BCUT2D eigenvalue weighted by Crippen LogP contribution is 2.33. The summed E-state index contributed by atoms with van der Waals surface area (Å²) >= 11 is 6.09. The maximum absolute atomic E-state index is 13.6. The molecule has 0 atom stereocenters. The van der Waals surface area contributed by atoms with Crippen LogP contribution in [0.1, 0.15) is 31.4 Å². The number of fused-ring (bicyclic) bond motifs is 2. The first-order valence-electron chi connectivity index (χ1n) is 12.0. The fraction of sp³-hybridized carbons (Fsp3) is 0.321. The molecule has 37 heavy (non-hydrogen) atoms. The predicted molar refractivity (Wildman–Crippen MR) is 141 cm³/mol. The Bertz CT molecular complexity index is 1380. The molecule has 2 heterocycles. The van der Waals surface area contributed by atoms with Crippen LogP contribution in [-0.2, 0) is 22.7 Å². The van der Waals surface area contributed by atoms with Crippen molar-refractivity contribution in [2.24, 2.45) is 5.92 Å². The van der Waals surface area contributed by atoms with E-state index in [1.807, 2.05) is 19.9 Å². The van der Waals surface area contributed by atoms with Crippen molar-refractivity contribution in [3.63, 3.8) is 0 Å². The molecule has 3 aromatic rings. The molecule has 1 aromatic heterocycles. The van der Waals surface area contributed by atoms with Crippen LogP contribution in [-0.4, -0.2) is 41.5 Å². The van der Waals surface area contributed by atoms with E-state index in [-0.39, 0.29) is 56.1 Å². The third kappa shape index (κ3) is 6.32. The highest BCUT2D eigenvalue weighted by molar-refractivity contribution is 6.31. The molecule has 0 saturated heterocycles. The molecule has 2 aromatic carbocycles. The van der Waals surface area contributed by atoms with Gasteiger partial charge in [0, 0.05) is 24.5 Å². The smallest absolute Gasteiger partial charge is 0.242 e. The quantitative estimate of drug-likeness (QED) is 0.355. The number of hydrogen-bond donors (Lipinski definition) is 0. The van der Waals surface area contributed by atoms with Crippen LogP contribution in [0.5, 0.6) is 11.5 Å². The third-order valence-corrected chi connectivity index (χ3v) is 6.18. The van der Waals surface area contributed by atoms with E-state index in [4.69, 9.17) is 25.5 Å². The van der Waals surface area contributed by atoms with Gasteiger partial charge in [0.05, 0.1) is 23.8 Å². The molecule has 1 aliphatic rings. The Balaban J connectivity index is 1.64. The van der Waals surface area contributed by atoms with Crippen molar-refractivity contribution < 1.29 is 23.5 Å². The maximum Gasteiger partial charge on any atom is 0.242 e. The van der Waals surface area contributed by atoms with Gasteiger partial charge in [0.1, 0.15) is 12.1 Å². The summed E-state index contributed by atoms with van der Waals surface area (Å²) in [4.78, 5) is 42.6. The second kappa shape index (κ2) is 11.5. The Hall–Kier alpha value is -3.78. The molecule has 0 spiro atoms. The van der Waals surface area contributed by atoms with Gasteiger partial charge in [-0.15, -0.1) is 6.58 Å². The summed E-state index contributed by atoms with van der Waals surface area (Å²) in [6, 6.07) is 10.2. The third-order valence-electron chi connectivity index (χ3n) is 5.94. The molecule has 4 rings (SSSR count).